The molecule has 2 aliphatic rings. The number of para-hydroxylation sites is 1. The molecule has 1 N–H and O–H groups in total. The zero-order valence-corrected chi connectivity index (χ0v) is 30.6. The summed E-state index contributed by atoms with van der Waals surface area (Å²) in [6.07, 6.45) is -0.422. The smallest absolute Gasteiger partial charge is 0.412 e. The predicted octanol–water partition coefficient (Wildman–Crippen LogP) is 4.61. The van der Waals surface area contributed by atoms with Crippen molar-refractivity contribution in [2.45, 2.75) is 98.6 Å². The molecule has 2 atom stereocenters. The third-order valence-corrected chi connectivity index (χ3v) is 8.67. The van der Waals surface area contributed by atoms with Crippen LogP contribution in [0.4, 0.5) is 10.5 Å². The first kappa shape index (κ1) is 38.7. The van der Waals surface area contributed by atoms with E-state index >= 15 is 0 Å². The van der Waals surface area contributed by atoms with Crippen LogP contribution in [0.1, 0.15) is 94.0 Å². The molecule has 1 fully saturated rings. The van der Waals surface area contributed by atoms with Crippen molar-refractivity contribution in [3.8, 4) is 11.5 Å². The molecule has 0 aromatic heterocycles. The van der Waals surface area contributed by atoms with E-state index in [0.29, 0.717) is 48.4 Å². The SMILES string of the molecule is CCC(=O)NCCN1C(=O)C(C)(C)Oc2cc(C)c(C(=O)N(C(C)C)[C@@H]3CCCN(C(=O)OC(C)OC(=O)c4ccccc4OC(C)=O)C3)cc21. The monoisotopic (exact) mass is 708 g/mol. The molecule has 0 spiro atoms. The molecule has 0 saturated carbocycles. The molecule has 2 heterocycles. The number of rotatable bonds is 11. The van der Waals surface area contributed by atoms with Gasteiger partial charge >= 0.3 is 18.0 Å². The topological polar surface area (TPSA) is 161 Å². The van der Waals surface area contributed by atoms with Crippen molar-refractivity contribution >= 4 is 41.4 Å². The van der Waals surface area contributed by atoms with Gasteiger partial charge in [0.05, 0.1) is 11.7 Å². The van der Waals surface area contributed by atoms with Gasteiger partial charge in [0.25, 0.3) is 11.8 Å². The van der Waals surface area contributed by atoms with Crippen molar-refractivity contribution in [2.75, 3.05) is 31.1 Å². The molecular formula is C37H48N4O10. The highest BCUT2D eigenvalue weighted by Gasteiger charge is 2.42. The number of amides is 4. The van der Waals surface area contributed by atoms with E-state index < -0.39 is 29.9 Å². The predicted molar refractivity (Wildman–Crippen MR) is 187 cm³/mol. The normalized spacial score (nSPS) is 17.1. The van der Waals surface area contributed by atoms with Crippen LogP contribution in [-0.4, -0.2) is 95.7 Å². The molecule has 4 rings (SSSR count). The van der Waals surface area contributed by atoms with Crippen molar-refractivity contribution in [1.29, 1.82) is 0 Å². The van der Waals surface area contributed by atoms with E-state index in [1.54, 1.807) is 54.8 Å². The van der Waals surface area contributed by atoms with Crippen molar-refractivity contribution in [2.24, 2.45) is 0 Å². The lowest BCUT2D eigenvalue weighted by Crippen LogP contribution is -2.55. The highest BCUT2D eigenvalue weighted by atomic mass is 16.7. The number of piperidine rings is 1. The number of aryl methyl sites for hydroxylation is 1. The maximum absolute atomic E-state index is 14.4. The molecule has 0 aliphatic carbocycles. The fourth-order valence-electron chi connectivity index (χ4n) is 6.24. The fraction of sp³-hybridized carbons (Fsp3) is 0.514. The number of hydrogen-bond acceptors (Lipinski definition) is 10. The summed E-state index contributed by atoms with van der Waals surface area (Å²) in [4.78, 5) is 82.0. The average molecular weight is 709 g/mol. The molecule has 14 heteroatoms. The van der Waals surface area contributed by atoms with Gasteiger partial charge in [-0.2, -0.15) is 0 Å². The average Bonchev–Trinajstić information content (AvgIpc) is 3.06. The minimum atomic E-state index is -1.26. The zero-order valence-electron chi connectivity index (χ0n) is 30.6. The molecule has 276 valence electrons. The molecule has 2 aliphatic heterocycles. The van der Waals surface area contributed by atoms with Crippen LogP contribution in [0.15, 0.2) is 36.4 Å². The van der Waals surface area contributed by atoms with Crippen molar-refractivity contribution < 1.29 is 47.7 Å². The van der Waals surface area contributed by atoms with E-state index in [-0.39, 0.29) is 60.8 Å². The summed E-state index contributed by atoms with van der Waals surface area (Å²) in [7, 11) is 0. The van der Waals surface area contributed by atoms with E-state index in [0.717, 1.165) is 0 Å². The first-order valence-corrected chi connectivity index (χ1v) is 17.2. The lowest BCUT2D eigenvalue weighted by molar-refractivity contribution is -0.133. The number of anilines is 1. The number of nitrogens with zero attached hydrogens (tertiary/aromatic N) is 3. The third kappa shape index (κ3) is 9.16. The summed E-state index contributed by atoms with van der Waals surface area (Å²) in [6, 6.07) is 8.89. The Morgan fingerprint density at radius 1 is 1.06 bits per heavy atom. The number of esters is 2. The summed E-state index contributed by atoms with van der Waals surface area (Å²) in [5.74, 6) is -1.64. The van der Waals surface area contributed by atoms with Gasteiger partial charge in [-0.05, 0) is 77.3 Å². The Bertz CT molecular complexity index is 1670. The van der Waals surface area contributed by atoms with Gasteiger partial charge < -0.3 is 39.0 Å². The molecule has 4 amide bonds. The Morgan fingerprint density at radius 3 is 2.43 bits per heavy atom. The second-order valence-corrected chi connectivity index (χ2v) is 13.4. The Kier molecular flexibility index (Phi) is 12.3. The molecule has 51 heavy (non-hydrogen) atoms. The van der Waals surface area contributed by atoms with E-state index in [2.05, 4.69) is 5.32 Å². The van der Waals surface area contributed by atoms with Crippen LogP contribution in [0.2, 0.25) is 0 Å². The van der Waals surface area contributed by atoms with Crippen LogP contribution in [-0.2, 0) is 23.9 Å². The number of hydrogen-bond donors (Lipinski definition) is 1. The van der Waals surface area contributed by atoms with E-state index in [1.807, 2.05) is 20.8 Å². The summed E-state index contributed by atoms with van der Waals surface area (Å²) in [5.41, 5.74) is 0.342. The molecule has 14 nitrogen and oxygen atoms in total. The number of likely N-dealkylation sites (tertiary alicyclic amines) is 1. The van der Waals surface area contributed by atoms with Gasteiger partial charge in [0, 0.05) is 58.1 Å². The first-order valence-electron chi connectivity index (χ1n) is 17.2. The van der Waals surface area contributed by atoms with Gasteiger partial charge in [-0.15, -0.1) is 0 Å². The van der Waals surface area contributed by atoms with Crippen LogP contribution in [0.25, 0.3) is 0 Å². The van der Waals surface area contributed by atoms with Crippen LogP contribution in [0.3, 0.4) is 0 Å². The standard InChI is InChI=1S/C37H48N4O10/c1-9-32(43)38-16-18-40-29-20-28(23(4)19-31(29)51-37(7,8)35(40)46)33(44)41(22(2)3)26-13-12-17-39(21-26)36(47)50-25(6)49-34(45)27-14-10-11-15-30(27)48-24(5)42/h10-11,14-15,19-20,22,25-26H,9,12-13,16-18,21H2,1-8H3,(H,38,43)/t25?,26-/m1/s1. The summed E-state index contributed by atoms with van der Waals surface area (Å²) < 4.78 is 22.0. The fourth-order valence-corrected chi connectivity index (χ4v) is 6.24. The van der Waals surface area contributed by atoms with Gasteiger partial charge in [-0.3, -0.25) is 19.2 Å². The molecule has 2 aromatic carbocycles. The molecule has 0 bridgehead atoms. The number of fused-ring (bicyclic) bond motifs is 1. The van der Waals surface area contributed by atoms with E-state index in [9.17, 15) is 28.8 Å². The Morgan fingerprint density at radius 2 is 1.76 bits per heavy atom. The maximum atomic E-state index is 14.4. The summed E-state index contributed by atoms with van der Waals surface area (Å²) >= 11 is 0. The largest absolute Gasteiger partial charge is 0.476 e. The molecule has 1 unspecified atom stereocenters. The van der Waals surface area contributed by atoms with Gasteiger partial charge in [-0.25, -0.2) is 9.59 Å². The maximum Gasteiger partial charge on any atom is 0.412 e. The van der Waals surface area contributed by atoms with Gasteiger partial charge in [0.1, 0.15) is 17.1 Å². The summed E-state index contributed by atoms with van der Waals surface area (Å²) in [5, 5.41) is 2.80. The van der Waals surface area contributed by atoms with Crippen molar-refractivity contribution in [3.63, 3.8) is 0 Å². The number of ether oxygens (including phenoxy) is 4. The number of benzene rings is 2. The lowest BCUT2D eigenvalue weighted by Gasteiger charge is -2.42. The van der Waals surface area contributed by atoms with Crippen LogP contribution in [0.5, 0.6) is 11.5 Å². The Balaban J connectivity index is 1.49. The number of carbonyl (C=O) groups is 6. The van der Waals surface area contributed by atoms with Gasteiger partial charge in [-0.1, -0.05) is 19.1 Å². The van der Waals surface area contributed by atoms with Crippen molar-refractivity contribution in [3.05, 3.63) is 53.1 Å². The molecular weight excluding hydrogens is 660 g/mol. The Labute approximate surface area is 298 Å². The van der Waals surface area contributed by atoms with Crippen molar-refractivity contribution in [1.82, 2.24) is 15.1 Å². The Hall–Kier alpha value is -5.14. The highest BCUT2D eigenvalue weighted by Crippen LogP contribution is 2.40. The summed E-state index contributed by atoms with van der Waals surface area (Å²) in [6.45, 7) is 14.3. The molecule has 0 radical (unpaired) electrons. The van der Waals surface area contributed by atoms with Gasteiger partial charge in [0.2, 0.25) is 12.2 Å². The van der Waals surface area contributed by atoms with E-state index in [4.69, 9.17) is 18.9 Å². The van der Waals surface area contributed by atoms with Crippen LogP contribution >= 0.6 is 0 Å². The quantitative estimate of drug-likeness (QED) is 0.198. The molecule has 1 saturated heterocycles. The highest BCUT2D eigenvalue weighted by molar-refractivity contribution is 6.05. The lowest BCUT2D eigenvalue weighted by atomic mass is 9.97. The minimum Gasteiger partial charge on any atom is -0.476 e. The third-order valence-electron chi connectivity index (χ3n) is 8.67. The number of nitrogens with one attached hydrogen (secondary N) is 1. The van der Waals surface area contributed by atoms with Crippen LogP contribution < -0.4 is 19.7 Å². The van der Waals surface area contributed by atoms with Gasteiger partial charge in [0.15, 0.2) is 5.60 Å². The minimum absolute atomic E-state index is 0.00298. The first-order chi connectivity index (χ1) is 24.0. The van der Waals surface area contributed by atoms with E-state index in [1.165, 1.54) is 30.9 Å². The molecule has 2 aromatic rings. The zero-order chi connectivity index (χ0) is 37.6. The van der Waals surface area contributed by atoms with Crippen LogP contribution in [0, 0.1) is 6.92 Å². The second-order valence-electron chi connectivity index (χ2n) is 13.4. The number of carbonyl (C=O) groups excluding carboxylic acids is 6. The second kappa shape index (κ2) is 16.3.